The molecule has 0 bridgehead atoms. The van der Waals surface area contributed by atoms with E-state index in [1.807, 2.05) is 26.8 Å². The zero-order valence-corrected chi connectivity index (χ0v) is 11.9. The van der Waals surface area contributed by atoms with Gasteiger partial charge in [0.2, 0.25) is 5.91 Å². The van der Waals surface area contributed by atoms with E-state index in [1.165, 1.54) is 0 Å². The molecule has 0 radical (unpaired) electrons. The second kappa shape index (κ2) is 6.77. The van der Waals surface area contributed by atoms with E-state index < -0.39 is 0 Å². The molecule has 106 valence electrons. The van der Waals surface area contributed by atoms with Crippen LogP contribution in [0.15, 0.2) is 17.3 Å². The van der Waals surface area contributed by atoms with Crippen LogP contribution in [0.5, 0.6) is 0 Å². The Labute approximate surface area is 113 Å². The predicted octanol–water partition coefficient (Wildman–Crippen LogP) is -0.0106. The van der Waals surface area contributed by atoms with Crippen molar-refractivity contribution in [2.45, 2.75) is 32.9 Å². The van der Waals surface area contributed by atoms with Crippen LogP contribution in [0.2, 0.25) is 0 Å². The van der Waals surface area contributed by atoms with Gasteiger partial charge in [-0.15, -0.1) is 0 Å². The molecule has 0 aliphatic carbocycles. The number of aliphatic imine (C=N–C) groups is 1. The van der Waals surface area contributed by atoms with E-state index >= 15 is 0 Å². The van der Waals surface area contributed by atoms with E-state index in [1.54, 1.807) is 13.2 Å². The summed E-state index contributed by atoms with van der Waals surface area (Å²) < 4.78 is 0. The molecule has 1 rings (SSSR count). The quantitative estimate of drug-likeness (QED) is 0.455. The van der Waals surface area contributed by atoms with Crippen molar-refractivity contribution in [3.05, 3.63) is 18.0 Å². The number of nitrogens with zero attached hydrogens (tertiary/aromatic N) is 2. The van der Waals surface area contributed by atoms with Gasteiger partial charge in [-0.25, -0.2) is 0 Å². The van der Waals surface area contributed by atoms with E-state index in [2.05, 4.69) is 31.1 Å². The highest BCUT2D eigenvalue weighted by atomic mass is 16.2. The second-order valence-electron chi connectivity index (χ2n) is 5.16. The monoisotopic (exact) mass is 266 g/mol. The number of carbonyl (C=O) groups is 1. The number of H-pyrrole nitrogens is 1. The van der Waals surface area contributed by atoms with Crippen LogP contribution in [0, 0.1) is 0 Å². The number of carbonyl (C=O) groups excluding carboxylic acids is 1. The lowest BCUT2D eigenvalue weighted by atomic mass is 10.1. The van der Waals surface area contributed by atoms with Gasteiger partial charge in [-0.3, -0.25) is 14.9 Å². The summed E-state index contributed by atoms with van der Waals surface area (Å²) >= 11 is 0. The SMILES string of the molecule is CN=C(NCC(=O)NC(C)(C)C)NCc1ccn[nH]1. The van der Waals surface area contributed by atoms with Gasteiger partial charge in [-0.05, 0) is 26.8 Å². The highest BCUT2D eigenvalue weighted by molar-refractivity contribution is 5.86. The van der Waals surface area contributed by atoms with Crippen LogP contribution in [0.25, 0.3) is 0 Å². The Bertz CT molecular complexity index is 418. The van der Waals surface area contributed by atoms with E-state index in [9.17, 15) is 4.79 Å². The van der Waals surface area contributed by atoms with Crippen molar-refractivity contribution in [3.8, 4) is 0 Å². The summed E-state index contributed by atoms with van der Waals surface area (Å²) in [6.07, 6.45) is 1.68. The maximum absolute atomic E-state index is 11.6. The van der Waals surface area contributed by atoms with E-state index in [4.69, 9.17) is 0 Å². The molecule has 0 aliphatic heterocycles. The number of amides is 1. The molecule has 0 unspecified atom stereocenters. The van der Waals surface area contributed by atoms with Crippen LogP contribution in [0.3, 0.4) is 0 Å². The Kier molecular flexibility index (Phi) is 5.35. The normalized spacial score (nSPS) is 12.1. The Hall–Kier alpha value is -2.05. The fraction of sp³-hybridized carbons (Fsp3) is 0.583. The smallest absolute Gasteiger partial charge is 0.239 e. The molecule has 0 spiro atoms. The number of hydrogen-bond acceptors (Lipinski definition) is 3. The van der Waals surface area contributed by atoms with Crippen LogP contribution in [-0.4, -0.2) is 41.2 Å². The Morgan fingerprint density at radius 2 is 2.16 bits per heavy atom. The second-order valence-corrected chi connectivity index (χ2v) is 5.16. The molecule has 1 heterocycles. The van der Waals surface area contributed by atoms with Crippen LogP contribution in [0.1, 0.15) is 26.5 Å². The van der Waals surface area contributed by atoms with Crippen molar-refractivity contribution >= 4 is 11.9 Å². The van der Waals surface area contributed by atoms with Gasteiger partial charge in [-0.1, -0.05) is 0 Å². The summed E-state index contributed by atoms with van der Waals surface area (Å²) in [5.74, 6) is 0.496. The Balaban J connectivity index is 2.31. The molecule has 19 heavy (non-hydrogen) atoms. The van der Waals surface area contributed by atoms with Crippen LogP contribution in [-0.2, 0) is 11.3 Å². The van der Waals surface area contributed by atoms with Crippen molar-refractivity contribution < 1.29 is 4.79 Å². The minimum absolute atomic E-state index is 0.0722. The standard InChI is InChI=1S/C12H22N6O/c1-12(2,3)17-10(19)8-15-11(13-4)14-7-9-5-6-16-18-9/h5-6H,7-8H2,1-4H3,(H,16,18)(H,17,19)(H2,13,14,15). The molecule has 0 aromatic carbocycles. The largest absolute Gasteiger partial charge is 0.351 e. The summed E-state index contributed by atoms with van der Waals surface area (Å²) in [7, 11) is 1.66. The lowest BCUT2D eigenvalue weighted by Crippen LogP contribution is -2.48. The minimum atomic E-state index is -0.231. The lowest BCUT2D eigenvalue weighted by Gasteiger charge is -2.21. The van der Waals surface area contributed by atoms with Crippen molar-refractivity contribution in [2.75, 3.05) is 13.6 Å². The van der Waals surface area contributed by atoms with E-state index in [0.29, 0.717) is 12.5 Å². The average molecular weight is 266 g/mol. The highest BCUT2D eigenvalue weighted by Crippen LogP contribution is 1.97. The van der Waals surface area contributed by atoms with E-state index in [-0.39, 0.29) is 18.0 Å². The molecular weight excluding hydrogens is 244 g/mol. The summed E-state index contributed by atoms with van der Waals surface area (Å²) in [5, 5.41) is 15.6. The molecule has 7 heteroatoms. The molecule has 0 fully saturated rings. The third kappa shape index (κ3) is 6.44. The molecule has 0 atom stereocenters. The van der Waals surface area contributed by atoms with Gasteiger partial charge in [0, 0.05) is 18.8 Å². The fourth-order valence-corrected chi connectivity index (χ4v) is 1.41. The van der Waals surface area contributed by atoms with E-state index in [0.717, 1.165) is 5.69 Å². The van der Waals surface area contributed by atoms with Gasteiger partial charge < -0.3 is 16.0 Å². The fourth-order valence-electron chi connectivity index (χ4n) is 1.41. The van der Waals surface area contributed by atoms with Crippen molar-refractivity contribution in [2.24, 2.45) is 4.99 Å². The highest BCUT2D eigenvalue weighted by Gasteiger charge is 2.13. The van der Waals surface area contributed by atoms with Crippen molar-refractivity contribution in [3.63, 3.8) is 0 Å². The third-order valence-electron chi connectivity index (χ3n) is 2.16. The van der Waals surface area contributed by atoms with Gasteiger partial charge in [0.15, 0.2) is 5.96 Å². The average Bonchev–Trinajstić information content (AvgIpc) is 2.80. The number of aromatic nitrogens is 2. The molecule has 7 nitrogen and oxygen atoms in total. The van der Waals surface area contributed by atoms with Crippen LogP contribution >= 0.6 is 0 Å². The van der Waals surface area contributed by atoms with Crippen molar-refractivity contribution in [1.29, 1.82) is 0 Å². The summed E-state index contributed by atoms with van der Waals surface area (Å²) in [6, 6.07) is 1.87. The summed E-state index contributed by atoms with van der Waals surface area (Å²) in [4.78, 5) is 15.7. The molecule has 0 saturated carbocycles. The first-order valence-electron chi connectivity index (χ1n) is 6.14. The third-order valence-corrected chi connectivity index (χ3v) is 2.16. The van der Waals surface area contributed by atoms with Crippen LogP contribution in [0.4, 0.5) is 0 Å². The van der Waals surface area contributed by atoms with Crippen LogP contribution < -0.4 is 16.0 Å². The molecule has 0 aliphatic rings. The maximum atomic E-state index is 11.6. The zero-order valence-electron chi connectivity index (χ0n) is 11.9. The summed E-state index contributed by atoms with van der Waals surface area (Å²) in [6.45, 7) is 6.57. The zero-order chi connectivity index (χ0) is 14.3. The van der Waals surface area contributed by atoms with Gasteiger partial charge in [0.25, 0.3) is 0 Å². The molecule has 4 N–H and O–H groups in total. The van der Waals surface area contributed by atoms with Crippen molar-refractivity contribution in [1.82, 2.24) is 26.1 Å². The first-order valence-corrected chi connectivity index (χ1v) is 6.14. The number of hydrogen-bond donors (Lipinski definition) is 4. The molecule has 1 amide bonds. The maximum Gasteiger partial charge on any atom is 0.239 e. The topological polar surface area (TPSA) is 94.2 Å². The molecule has 1 aromatic heterocycles. The molecule has 1 aromatic rings. The minimum Gasteiger partial charge on any atom is -0.351 e. The first-order chi connectivity index (χ1) is 8.90. The Morgan fingerprint density at radius 1 is 1.42 bits per heavy atom. The number of rotatable bonds is 4. The number of aromatic amines is 1. The predicted molar refractivity (Wildman–Crippen MR) is 74.7 cm³/mol. The van der Waals surface area contributed by atoms with Gasteiger partial charge in [0.05, 0.1) is 18.8 Å². The molecular formula is C12H22N6O. The van der Waals surface area contributed by atoms with Gasteiger partial charge >= 0.3 is 0 Å². The number of guanidine groups is 1. The van der Waals surface area contributed by atoms with Gasteiger partial charge in [0.1, 0.15) is 0 Å². The lowest BCUT2D eigenvalue weighted by molar-refractivity contribution is -0.121. The number of nitrogens with one attached hydrogen (secondary N) is 4. The molecule has 0 saturated heterocycles. The first kappa shape index (κ1) is 15.0. The summed E-state index contributed by atoms with van der Waals surface area (Å²) in [5.41, 5.74) is 0.716. The Morgan fingerprint density at radius 3 is 2.68 bits per heavy atom. The van der Waals surface area contributed by atoms with Gasteiger partial charge in [-0.2, -0.15) is 5.10 Å².